The van der Waals surface area contributed by atoms with E-state index in [2.05, 4.69) is 10.1 Å². The van der Waals surface area contributed by atoms with Gasteiger partial charge >= 0.3 is 0 Å². The van der Waals surface area contributed by atoms with Crippen molar-refractivity contribution in [1.82, 2.24) is 19.2 Å². The van der Waals surface area contributed by atoms with Gasteiger partial charge in [-0.3, -0.25) is 0 Å². The molecule has 0 saturated heterocycles. The van der Waals surface area contributed by atoms with Crippen LogP contribution in [0.3, 0.4) is 0 Å². The Morgan fingerprint density at radius 1 is 0.971 bits per heavy atom. The summed E-state index contributed by atoms with van der Waals surface area (Å²) >= 11 is 0. The fourth-order valence-electron chi connectivity index (χ4n) is 3.56. The predicted octanol–water partition coefficient (Wildman–Crippen LogP) is 4.78. The molecule has 5 rings (SSSR count). The number of sulfone groups is 1. The molecule has 3 aromatic heterocycles. The minimum absolute atomic E-state index is 0.0379. The SMILES string of the molecule is Cn1cnc(-c2cc(Oc3ccc(CS(=O)(=O)c4ccc(F)cc4)cc3F)c3ccnn3c2)c1. The van der Waals surface area contributed by atoms with E-state index < -0.39 is 27.2 Å². The van der Waals surface area contributed by atoms with Gasteiger partial charge in [0.25, 0.3) is 0 Å². The van der Waals surface area contributed by atoms with Gasteiger partial charge in [0.15, 0.2) is 27.2 Å². The summed E-state index contributed by atoms with van der Waals surface area (Å²) < 4.78 is 62.5. The van der Waals surface area contributed by atoms with Crippen molar-refractivity contribution < 1.29 is 21.9 Å². The lowest BCUT2D eigenvalue weighted by molar-refractivity contribution is 0.444. The van der Waals surface area contributed by atoms with Crippen LogP contribution in [-0.2, 0) is 22.6 Å². The number of hydrogen-bond acceptors (Lipinski definition) is 5. The van der Waals surface area contributed by atoms with Crippen molar-refractivity contribution in [2.24, 2.45) is 7.05 Å². The molecule has 7 nitrogen and oxygen atoms in total. The maximum atomic E-state index is 14.9. The second kappa shape index (κ2) is 8.38. The van der Waals surface area contributed by atoms with Gasteiger partial charge in [-0.2, -0.15) is 5.10 Å². The first-order valence-electron chi connectivity index (χ1n) is 10.2. The van der Waals surface area contributed by atoms with E-state index in [0.29, 0.717) is 17.0 Å². The highest BCUT2D eigenvalue weighted by atomic mass is 32.2. The highest BCUT2D eigenvalue weighted by Crippen LogP contribution is 2.32. The Morgan fingerprint density at radius 3 is 2.47 bits per heavy atom. The number of halogens is 2. The standard InChI is InChI=1S/C24H18F2N4O3S/c1-29-13-21(27-15-29)17-11-24(22-8-9-28-30(22)12-17)33-23-7-2-16(10-20(23)26)14-34(31,32)19-5-3-18(25)4-6-19/h2-13,15H,14H2,1H3. The molecule has 0 aliphatic carbocycles. The normalized spacial score (nSPS) is 11.7. The van der Waals surface area contributed by atoms with Crippen LogP contribution >= 0.6 is 0 Å². The van der Waals surface area contributed by atoms with E-state index in [1.807, 2.05) is 17.8 Å². The minimum Gasteiger partial charge on any atom is -0.452 e. The fourth-order valence-corrected chi connectivity index (χ4v) is 4.90. The maximum Gasteiger partial charge on any atom is 0.182 e. The summed E-state index contributed by atoms with van der Waals surface area (Å²) in [5.41, 5.74) is 2.30. The van der Waals surface area contributed by atoms with Gasteiger partial charge in [0.05, 0.1) is 28.9 Å². The highest BCUT2D eigenvalue weighted by molar-refractivity contribution is 7.90. The first kappa shape index (κ1) is 21.8. The van der Waals surface area contributed by atoms with Crippen molar-refractivity contribution in [3.63, 3.8) is 0 Å². The number of rotatable bonds is 6. The lowest BCUT2D eigenvalue weighted by Crippen LogP contribution is -2.05. The zero-order valence-electron chi connectivity index (χ0n) is 17.9. The Hall–Kier alpha value is -4.05. The van der Waals surface area contributed by atoms with Crippen LogP contribution in [-0.4, -0.2) is 27.6 Å². The Labute approximate surface area is 193 Å². The third-order valence-corrected chi connectivity index (χ3v) is 6.92. The summed E-state index contributed by atoms with van der Waals surface area (Å²) in [6.45, 7) is 0. The number of aromatic nitrogens is 4. The summed E-state index contributed by atoms with van der Waals surface area (Å²) in [5, 5.41) is 4.24. The summed E-state index contributed by atoms with van der Waals surface area (Å²) in [4.78, 5) is 4.30. The van der Waals surface area contributed by atoms with Crippen LogP contribution in [0.25, 0.3) is 16.8 Å². The topological polar surface area (TPSA) is 78.5 Å². The number of benzene rings is 2. The molecule has 2 aromatic carbocycles. The van der Waals surface area contributed by atoms with Crippen molar-refractivity contribution in [2.75, 3.05) is 0 Å². The molecule has 5 aromatic rings. The van der Waals surface area contributed by atoms with E-state index >= 15 is 0 Å². The number of aryl methyl sites for hydroxylation is 1. The molecular weight excluding hydrogens is 462 g/mol. The number of pyridine rings is 1. The molecule has 0 saturated carbocycles. The monoisotopic (exact) mass is 480 g/mol. The van der Waals surface area contributed by atoms with Crippen LogP contribution in [0.2, 0.25) is 0 Å². The number of imidazole rings is 1. The van der Waals surface area contributed by atoms with Gasteiger partial charge in [0.2, 0.25) is 0 Å². The van der Waals surface area contributed by atoms with Crippen LogP contribution < -0.4 is 4.74 Å². The van der Waals surface area contributed by atoms with Crippen LogP contribution in [0.5, 0.6) is 11.5 Å². The largest absolute Gasteiger partial charge is 0.452 e. The lowest BCUT2D eigenvalue weighted by atomic mass is 10.2. The summed E-state index contributed by atoms with van der Waals surface area (Å²) in [7, 11) is -1.91. The van der Waals surface area contributed by atoms with Gasteiger partial charge in [-0.25, -0.2) is 26.7 Å². The Kier molecular flexibility index (Phi) is 5.37. The molecule has 0 aliphatic heterocycles. The third-order valence-electron chi connectivity index (χ3n) is 5.22. The van der Waals surface area contributed by atoms with E-state index in [4.69, 9.17) is 4.74 Å². The first-order valence-corrected chi connectivity index (χ1v) is 11.8. The molecule has 0 radical (unpaired) electrons. The molecule has 0 aliphatic rings. The van der Waals surface area contributed by atoms with Crippen molar-refractivity contribution >= 4 is 15.4 Å². The zero-order valence-corrected chi connectivity index (χ0v) is 18.7. The van der Waals surface area contributed by atoms with Gasteiger partial charge in [-0.1, -0.05) is 6.07 Å². The maximum absolute atomic E-state index is 14.9. The van der Waals surface area contributed by atoms with Gasteiger partial charge in [-0.05, 0) is 54.1 Å². The Balaban J connectivity index is 1.44. The summed E-state index contributed by atoms with van der Waals surface area (Å²) in [5.74, 6) is -1.38. The second-order valence-corrected chi connectivity index (χ2v) is 9.75. The molecule has 0 N–H and O–H groups in total. The van der Waals surface area contributed by atoms with Crippen molar-refractivity contribution in [2.45, 2.75) is 10.6 Å². The summed E-state index contributed by atoms with van der Waals surface area (Å²) in [6.07, 6.45) is 6.90. The molecule has 0 unspecified atom stereocenters. The Bertz CT molecular complexity index is 1610. The van der Waals surface area contributed by atoms with Crippen LogP contribution in [0.15, 0.2) is 84.4 Å². The van der Waals surface area contributed by atoms with Crippen molar-refractivity contribution in [3.05, 3.63) is 96.7 Å². The molecular formula is C24H18F2N4O3S. The van der Waals surface area contributed by atoms with Crippen LogP contribution in [0, 0.1) is 11.6 Å². The van der Waals surface area contributed by atoms with E-state index in [0.717, 1.165) is 23.8 Å². The highest BCUT2D eigenvalue weighted by Gasteiger charge is 2.18. The Morgan fingerprint density at radius 2 is 1.76 bits per heavy atom. The first-order chi connectivity index (χ1) is 16.3. The number of nitrogens with zero attached hydrogens (tertiary/aromatic N) is 4. The molecule has 0 fully saturated rings. The van der Waals surface area contributed by atoms with E-state index in [1.165, 1.54) is 24.3 Å². The average molecular weight is 480 g/mol. The van der Waals surface area contributed by atoms with Crippen LogP contribution in [0.4, 0.5) is 8.78 Å². The number of ether oxygens (including phenoxy) is 1. The zero-order chi connectivity index (χ0) is 23.9. The second-order valence-electron chi connectivity index (χ2n) is 7.76. The predicted molar refractivity (Wildman–Crippen MR) is 121 cm³/mol. The molecule has 0 bridgehead atoms. The summed E-state index contributed by atoms with van der Waals surface area (Å²) in [6, 6.07) is 12.0. The number of hydrogen-bond donors (Lipinski definition) is 0. The van der Waals surface area contributed by atoms with E-state index in [1.54, 1.807) is 35.4 Å². The fraction of sp³-hybridized carbons (Fsp3) is 0.0833. The smallest absolute Gasteiger partial charge is 0.182 e. The minimum atomic E-state index is -3.77. The molecule has 10 heteroatoms. The van der Waals surface area contributed by atoms with E-state index in [9.17, 15) is 17.2 Å². The van der Waals surface area contributed by atoms with Crippen molar-refractivity contribution in [3.8, 4) is 22.8 Å². The molecule has 0 spiro atoms. The lowest BCUT2D eigenvalue weighted by Gasteiger charge is -2.11. The molecule has 34 heavy (non-hydrogen) atoms. The van der Waals surface area contributed by atoms with Gasteiger partial charge in [-0.15, -0.1) is 0 Å². The molecule has 0 atom stereocenters. The van der Waals surface area contributed by atoms with Gasteiger partial charge in [0.1, 0.15) is 11.3 Å². The van der Waals surface area contributed by atoms with Gasteiger partial charge in [0, 0.05) is 25.0 Å². The van der Waals surface area contributed by atoms with Gasteiger partial charge < -0.3 is 9.30 Å². The van der Waals surface area contributed by atoms with E-state index in [-0.39, 0.29) is 16.2 Å². The average Bonchev–Trinajstić information content (AvgIpc) is 3.44. The third kappa shape index (κ3) is 4.27. The number of fused-ring (bicyclic) bond motifs is 1. The quantitative estimate of drug-likeness (QED) is 0.327. The molecule has 3 heterocycles. The van der Waals surface area contributed by atoms with Crippen LogP contribution in [0.1, 0.15) is 5.56 Å². The van der Waals surface area contributed by atoms with Crippen molar-refractivity contribution in [1.29, 1.82) is 0 Å². The molecule has 0 amide bonds. The molecule has 172 valence electrons.